The van der Waals surface area contributed by atoms with Crippen LogP contribution in [-0.2, 0) is 0 Å². The summed E-state index contributed by atoms with van der Waals surface area (Å²) >= 11 is 0. The molecule has 0 aliphatic carbocycles. The first-order chi connectivity index (χ1) is 7.13. The maximum Gasteiger partial charge on any atom is 0.319 e. The minimum atomic E-state index is -0.575. The highest BCUT2D eigenvalue weighted by Gasteiger charge is 2.08. The molecule has 0 atom stereocenters. The molecule has 84 valence electrons. The molecule has 1 aromatic rings. The number of hydrogen-bond acceptors (Lipinski definition) is 4. The standard InChI is InChI=1S/C10H15FN2O2/c1-4-14-9-8(11)5-12-10(13-9)15-6-7(2)3/h5,7H,4,6H2,1-3H3. The molecule has 5 heteroatoms. The van der Waals surface area contributed by atoms with E-state index < -0.39 is 5.82 Å². The highest BCUT2D eigenvalue weighted by molar-refractivity contribution is 5.13. The predicted octanol–water partition coefficient (Wildman–Crippen LogP) is 2.05. The van der Waals surface area contributed by atoms with Gasteiger partial charge in [0, 0.05) is 0 Å². The van der Waals surface area contributed by atoms with Crippen LogP contribution in [0.2, 0.25) is 0 Å². The van der Waals surface area contributed by atoms with Gasteiger partial charge < -0.3 is 9.47 Å². The van der Waals surface area contributed by atoms with Gasteiger partial charge in [0.05, 0.1) is 19.4 Å². The number of hydrogen-bond donors (Lipinski definition) is 0. The van der Waals surface area contributed by atoms with Crippen LogP contribution in [0.4, 0.5) is 4.39 Å². The minimum absolute atomic E-state index is 0.0637. The summed E-state index contributed by atoms with van der Waals surface area (Å²) in [5.41, 5.74) is 0. The van der Waals surface area contributed by atoms with Crippen LogP contribution in [0.5, 0.6) is 11.9 Å². The Morgan fingerprint density at radius 3 is 2.73 bits per heavy atom. The molecule has 0 unspecified atom stereocenters. The Bertz CT molecular complexity index is 318. The van der Waals surface area contributed by atoms with Crippen molar-refractivity contribution in [3.63, 3.8) is 0 Å². The van der Waals surface area contributed by atoms with Crippen molar-refractivity contribution in [2.75, 3.05) is 13.2 Å². The summed E-state index contributed by atoms with van der Waals surface area (Å²) in [5.74, 6) is -0.269. The Morgan fingerprint density at radius 1 is 1.40 bits per heavy atom. The zero-order valence-electron chi connectivity index (χ0n) is 9.16. The average molecular weight is 214 g/mol. The van der Waals surface area contributed by atoms with Gasteiger partial charge in [0.2, 0.25) is 5.82 Å². The molecule has 0 fully saturated rings. The van der Waals surface area contributed by atoms with Crippen LogP contribution < -0.4 is 9.47 Å². The van der Waals surface area contributed by atoms with Gasteiger partial charge in [-0.25, -0.2) is 4.98 Å². The van der Waals surface area contributed by atoms with E-state index in [1.165, 1.54) is 0 Å². The molecule has 4 nitrogen and oxygen atoms in total. The lowest BCUT2D eigenvalue weighted by atomic mass is 10.2. The van der Waals surface area contributed by atoms with Crippen LogP contribution in [-0.4, -0.2) is 23.2 Å². The van der Waals surface area contributed by atoms with Crippen molar-refractivity contribution in [2.45, 2.75) is 20.8 Å². The zero-order valence-corrected chi connectivity index (χ0v) is 9.16. The molecule has 0 aliphatic rings. The molecular weight excluding hydrogens is 199 g/mol. The van der Waals surface area contributed by atoms with E-state index in [1.54, 1.807) is 6.92 Å². The first-order valence-corrected chi connectivity index (χ1v) is 4.91. The lowest BCUT2D eigenvalue weighted by molar-refractivity contribution is 0.238. The summed E-state index contributed by atoms with van der Waals surface area (Å²) in [6, 6.07) is 0.147. The van der Waals surface area contributed by atoms with Gasteiger partial charge in [0.25, 0.3) is 5.88 Å². The second-order valence-corrected chi connectivity index (χ2v) is 3.44. The van der Waals surface area contributed by atoms with Crippen molar-refractivity contribution in [2.24, 2.45) is 5.92 Å². The molecule has 0 amide bonds. The van der Waals surface area contributed by atoms with Crippen LogP contribution in [0.3, 0.4) is 0 Å². The van der Waals surface area contributed by atoms with Crippen LogP contribution >= 0.6 is 0 Å². The Labute approximate surface area is 88.5 Å². The fraction of sp³-hybridized carbons (Fsp3) is 0.600. The smallest absolute Gasteiger partial charge is 0.319 e. The highest BCUT2D eigenvalue weighted by Crippen LogP contribution is 2.15. The van der Waals surface area contributed by atoms with E-state index in [1.807, 2.05) is 13.8 Å². The number of nitrogens with zero attached hydrogens (tertiary/aromatic N) is 2. The summed E-state index contributed by atoms with van der Waals surface area (Å²) in [6.45, 7) is 6.63. The maximum absolute atomic E-state index is 13.0. The second kappa shape index (κ2) is 5.48. The lowest BCUT2D eigenvalue weighted by Gasteiger charge is -2.08. The highest BCUT2D eigenvalue weighted by atomic mass is 19.1. The summed E-state index contributed by atoms with van der Waals surface area (Å²) in [6.07, 6.45) is 1.05. The number of halogens is 1. The quantitative estimate of drug-likeness (QED) is 0.752. The summed E-state index contributed by atoms with van der Waals surface area (Å²) in [7, 11) is 0. The maximum atomic E-state index is 13.0. The van der Waals surface area contributed by atoms with E-state index >= 15 is 0 Å². The SMILES string of the molecule is CCOc1nc(OCC(C)C)ncc1F. The van der Waals surface area contributed by atoms with Gasteiger partial charge in [-0.2, -0.15) is 9.37 Å². The molecule has 0 aliphatic heterocycles. The molecule has 0 radical (unpaired) electrons. The first-order valence-electron chi connectivity index (χ1n) is 4.91. The van der Waals surface area contributed by atoms with Crippen molar-refractivity contribution < 1.29 is 13.9 Å². The molecule has 0 aromatic carbocycles. The third-order valence-electron chi connectivity index (χ3n) is 1.52. The molecule has 0 N–H and O–H groups in total. The zero-order chi connectivity index (χ0) is 11.3. The van der Waals surface area contributed by atoms with Gasteiger partial charge in [0.1, 0.15) is 0 Å². The molecular formula is C10H15FN2O2. The molecule has 1 aromatic heterocycles. The fourth-order valence-electron chi connectivity index (χ4n) is 0.885. The van der Waals surface area contributed by atoms with E-state index in [-0.39, 0.29) is 11.9 Å². The van der Waals surface area contributed by atoms with E-state index in [0.717, 1.165) is 6.20 Å². The molecule has 15 heavy (non-hydrogen) atoms. The molecule has 0 saturated heterocycles. The topological polar surface area (TPSA) is 44.2 Å². The third-order valence-corrected chi connectivity index (χ3v) is 1.52. The number of ether oxygens (including phenoxy) is 2. The normalized spacial score (nSPS) is 10.5. The van der Waals surface area contributed by atoms with Crippen molar-refractivity contribution in [1.82, 2.24) is 9.97 Å². The van der Waals surface area contributed by atoms with Gasteiger partial charge in [-0.3, -0.25) is 0 Å². The van der Waals surface area contributed by atoms with Gasteiger partial charge in [-0.1, -0.05) is 13.8 Å². The number of aromatic nitrogens is 2. The van der Waals surface area contributed by atoms with Gasteiger partial charge >= 0.3 is 6.01 Å². The second-order valence-electron chi connectivity index (χ2n) is 3.44. The van der Waals surface area contributed by atoms with Crippen molar-refractivity contribution >= 4 is 0 Å². The van der Waals surface area contributed by atoms with E-state index in [9.17, 15) is 4.39 Å². The van der Waals surface area contributed by atoms with Crippen LogP contribution in [0.15, 0.2) is 6.20 Å². The monoisotopic (exact) mass is 214 g/mol. The van der Waals surface area contributed by atoms with E-state index in [0.29, 0.717) is 19.1 Å². The predicted molar refractivity (Wildman–Crippen MR) is 53.5 cm³/mol. The lowest BCUT2D eigenvalue weighted by Crippen LogP contribution is -2.08. The van der Waals surface area contributed by atoms with E-state index in [4.69, 9.17) is 9.47 Å². The van der Waals surface area contributed by atoms with Crippen molar-refractivity contribution in [3.05, 3.63) is 12.0 Å². The Balaban J connectivity index is 2.69. The van der Waals surface area contributed by atoms with Gasteiger partial charge in [-0.05, 0) is 12.8 Å². The largest absolute Gasteiger partial charge is 0.476 e. The Kier molecular flexibility index (Phi) is 4.27. The van der Waals surface area contributed by atoms with Crippen LogP contribution in [0.1, 0.15) is 20.8 Å². The molecule has 0 bridgehead atoms. The minimum Gasteiger partial charge on any atom is -0.476 e. The summed E-state index contributed by atoms with van der Waals surface area (Å²) in [5, 5.41) is 0. The Hall–Kier alpha value is -1.39. The van der Waals surface area contributed by atoms with Crippen molar-refractivity contribution in [3.8, 4) is 11.9 Å². The van der Waals surface area contributed by atoms with Gasteiger partial charge in [-0.15, -0.1) is 0 Å². The number of rotatable bonds is 5. The van der Waals surface area contributed by atoms with Crippen molar-refractivity contribution in [1.29, 1.82) is 0 Å². The van der Waals surface area contributed by atoms with Crippen LogP contribution in [0, 0.1) is 11.7 Å². The van der Waals surface area contributed by atoms with Crippen LogP contribution in [0.25, 0.3) is 0 Å². The molecule has 1 rings (SSSR count). The average Bonchev–Trinajstić information content (AvgIpc) is 2.19. The molecule has 0 saturated carbocycles. The third kappa shape index (κ3) is 3.69. The summed E-state index contributed by atoms with van der Waals surface area (Å²) in [4.78, 5) is 7.51. The molecule has 0 spiro atoms. The summed E-state index contributed by atoms with van der Waals surface area (Å²) < 4.78 is 23.3. The molecule has 1 heterocycles. The Morgan fingerprint density at radius 2 is 2.13 bits per heavy atom. The fourth-order valence-corrected chi connectivity index (χ4v) is 0.885. The van der Waals surface area contributed by atoms with Gasteiger partial charge in [0.15, 0.2) is 0 Å². The van der Waals surface area contributed by atoms with E-state index in [2.05, 4.69) is 9.97 Å². The first kappa shape index (κ1) is 11.7.